The van der Waals surface area contributed by atoms with Crippen molar-refractivity contribution in [2.45, 2.75) is 45.7 Å². The normalized spacial score (nSPS) is 13.4. The fourth-order valence-corrected chi connectivity index (χ4v) is 2.51. The average molecular weight is 316 g/mol. The van der Waals surface area contributed by atoms with E-state index in [9.17, 15) is 0 Å². The van der Waals surface area contributed by atoms with Crippen molar-refractivity contribution in [2.24, 2.45) is 0 Å². The van der Waals surface area contributed by atoms with Gasteiger partial charge in [-0.2, -0.15) is 0 Å². The van der Waals surface area contributed by atoms with Crippen LogP contribution in [0.25, 0.3) is 0 Å². The van der Waals surface area contributed by atoms with Crippen molar-refractivity contribution in [2.75, 3.05) is 0 Å². The summed E-state index contributed by atoms with van der Waals surface area (Å²) < 4.78 is 5.27. The van der Waals surface area contributed by atoms with Crippen LogP contribution < -0.4 is 10.6 Å². The van der Waals surface area contributed by atoms with Gasteiger partial charge in [0.25, 0.3) is 0 Å². The Bertz CT molecular complexity index is 578. The predicted octanol–water partition coefficient (Wildman–Crippen LogP) is 4.52. The maximum Gasteiger partial charge on any atom is 0.167 e. The van der Waals surface area contributed by atoms with Crippen LogP contribution in [0.5, 0.6) is 0 Å². The molecule has 1 heterocycles. The fourth-order valence-electron chi connectivity index (χ4n) is 2.26. The largest absolute Gasteiger partial charge is 0.467 e. The minimum Gasteiger partial charge on any atom is -0.467 e. The molecule has 118 valence electrons. The van der Waals surface area contributed by atoms with E-state index in [1.807, 2.05) is 12.1 Å². The number of benzene rings is 1. The van der Waals surface area contributed by atoms with E-state index in [2.05, 4.69) is 55.7 Å². The monoisotopic (exact) mass is 316 g/mol. The van der Waals surface area contributed by atoms with E-state index < -0.39 is 0 Å². The number of hydrogen-bond acceptors (Lipinski definition) is 2. The van der Waals surface area contributed by atoms with Crippen LogP contribution in [0, 0.1) is 0 Å². The highest BCUT2D eigenvalue weighted by molar-refractivity contribution is 7.80. The van der Waals surface area contributed by atoms with Crippen LogP contribution in [0.2, 0.25) is 0 Å². The van der Waals surface area contributed by atoms with E-state index in [0.29, 0.717) is 17.6 Å². The maximum atomic E-state index is 5.33. The summed E-state index contributed by atoms with van der Waals surface area (Å²) in [4.78, 5) is 0. The average Bonchev–Trinajstić information content (AvgIpc) is 3.05. The van der Waals surface area contributed by atoms with Gasteiger partial charge in [0.15, 0.2) is 5.11 Å². The summed E-state index contributed by atoms with van der Waals surface area (Å²) in [5.41, 5.74) is 2.62. The first-order valence-electron chi connectivity index (χ1n) is 7.76. The highest BCUT2D eigenvalue weighted by atomic mass is 32.1. The number of furan rings is 1. The highest BCUT2D eigenvalue weighted by Gasteiger charge is 2.09. The highest BCUT2D eigenvalue weighted by Crippen LogP contribution is 2.21. The molecule has 2 unspecified atom stereocenters. The standard InChI is InChI=1S/C18H24N2OS/c1-4-13(2)15-7-9-16(10-8-15)14(3)20-18(22)19-12-17-6-5-11-21-17/h5-11,13-14H,4,12H2,1-3H3,(H2,19,20,22). The molecule has 22 heavy (non-hydrogen) atoms. The molecule has 0 saturated carbocycles. The lowest BCUT2D eigenvalue weighted by atomic mass is 9.96. The Labute approximate surface area is 138 Å². The first-order chi connectivity index (χ1) is 10.6. The van der Waals surface area contributed by atoms with Gasteiger partial charge < -0.3 is 15.1 Å². The molecule has 1 aromatic carbocycles. The van der Waals surface area contributed by atoms with Gasteiger partial charge in [-0.15, -0.1) is 0 Å². The summed E-state index contributed by atoms with van der Waals surface area (Å²) in [5, 5.41) is 7.09. The van der Waals surface area contributed by atoms with Crippen LogP contribution in [-0.4, -0.2) is 5.11 Å². The molecule has 2 aromatic rings. The van der Waals surface area contributed by atoms with Crippen molar-refractivity contribution in [3.63, 3.8) is 0 Å². The molecule has 0 fully saturated rings. The van der Waals surface area contributed by atoms with Crippen LogP contribution in [0.4, 0.5) is 0 Å². The fraction of sp³-hybridized carbons (Fsp3) is 0.389. The zero-order valence-electron chi connectivity index (χ0n) is 13.4. The summed E-state index contributed by atoms with van der Waals surface area (Å²) in [6, 6.07) is 12.7. The second-order valence-electron chi connectivity index (χ2n) is 5.60. The molecular formula is C18H24N2OS. The van der Waals surface area contributed by atoms with Gasteiger partial charge in [-0.3, -0.25) is 0 Å². The molecule has 2 N–H and O–H groups in total. The number of rotatable bonds is 6. The third-order valence-corrected chi connectivity index (χ3v) is 4.23. The van der Waals surface area contributed by atoms with Crippen molar-refractivity contribution in [3.05, 3.63) is 59.5 Å². The predicted molar refractivity (Wildman–Crippen MR) is 94.8 cm³/mol. The van der Waals surface area contributed by atoms with E-state index in [1.54, 1.807) is 6.26 Å². The first kappa shape index (κ1) is 16.6. The van der Waals surface area contributed by atoms with Gasteiger partial charge in [0.2, 0.25) is 0 Å². The van der Waals surface area contributed by atoms with E-state index in [-0.39, 0.29) is 6.04 Å². The zero-order chi connectivity index (χ0) is 15.9. The molecule has 0 amide bonds. The number of hydrogen-bond donors (Lipinski definition) is 2. The molecular weight excluding hydrogens is 292 g/mol. The lowest BCUT2D eigenvalue weighted by Crippen LogP contribution is -2.36. The molecule has 2 rings (SSSR count). The van der Waals surface area contributed by atoms with Gasteiger partial charge in [-0.05, 0) is 54.7 Å². The van der Waals surface area contributed by atoms with Crippen LogP contribution in [0.3, 0.4) is 0 Å². The van der Waals surface area contributed by atoms with Crippen molar-refractivity contribution in [3.8, 4) is 0 Å². The number of nitrogens with one attached hydrogen (secondary N) is 2. The molecule has 0 aliphatic carbocycles. The van der Waals surface area contributed by atoms with Gasteiger partial charge >= 0.3 is 0 Å². The molecule has 0 bridgehead atoms. The molecule has 2 atom stereocenters. The van der Waals surface area contributed by atoms with Gasteiger partial charge in [-0.1, -0.05) is 38.1 Å². The second-order valence-corrected chi connectivity index (χ2v) is 6.01. The van der Waals surface area contributed by atoms with Crippen LogP contribution in [-0.2, 0) is 6.54 Å². The second kappa shape index (κ2) is 7.99. The minimum absolute atomic E-state index is 0.169. The summed E-state index contributed by atoms with van der Waals surface area (Å²) in [6.45, 7) is 7.17. The maximum absolute atomic E-state index is 5.33. The summed E-state index contributed by atoms with van der Waals surface area (Å²) >= 11 is 5.33. The Morgan fingerprint density at radius 1 is 1.14 bits per heavy atom. The molecule has 3 nitrogen and oxygen atoms in total. The molecule has 0 spiro atoms. The van der Waals surface area contributed by atoms with Gasteiger partial charge in [0.05, 0.1) is 18.8 Å². The van der Waals surface area contributed by atoms with Crippen molar-refractivity contribution >= 4 is 17.3 Å². The SMILES string of the molecule is CCC(C)c1ccc(C(C)NC(=S)NCc2ccco2)cc1. The molecule has 0 radical (unpaired) electrons. The molecule has 0 aliphatic heterocycles. The van der Waals surface area contributed by atoms with E-state index in [4.69, 9.17) is 16.6 Å². The third-order valence-electron chi connectivity index (χ3n) is 3.97. The Kier molecular flexibility index (Phi) is 6.01. The third kappa shape index (κ3) is 4.60. The summed E-state index contributed by atoms with van der Waals surface area (Å²) in [5.74, 6) is 1.48. The topological polar surface area (TPSA) is 37.2 Å². The molecule has 1 aromatic heterocycles. The van der Waals surface area contributed by atoms with Crippen molar-refractivity contribution in [1.82, 2.24) is 10.6 Å². The van der Waals surface area contributed by atoms with Crippen molar-refractivity contribution < 1.29 is 4.42 Å². The smallest absolute Gasteiger partial charge is 0.167 e. The van der Waals surface area contributed by atoms with Gasteiger partial charge in [0, 0.05) is 0 Å². The van der Waals surface area contributed by atoms with Crippen LogP contribution >= 0.6 is 12.2 Å². The molecule has 0 aliphatic rings. The Hall–Kier alpha value is -1.81. The lowest BCUT2D eigenvalue weighted by Gasteiger charge is -2.18. The zero-order valence-corrected chi connectivity index (χ0v) is 14.2. The van der Waals surface area contributed by atoms with Crippen molar-refractivity contribution in [1.29, 1.82) is 0 Å². The summed E-state index contributed by atoms with van der Waals surface area (Å²) in [6.07, 6.45) is 2.82. The van der Waals surface area contributed by atoms with Gasteiger partial charge in [-0.25, -0.2) is 0 Å². The van der Waals surface area contributed by atoms with E-state index >= 15 is 0 Å². The first-order valence-corrected chi connectivity index (χ1v) is 8.17. The number of thiocarbonyl (C=S) groups is 1. The van der Waals surface area contributed by atoms with Crippen LogP contribution in [0.15, 0.2) is 47.1 Å². The summed E-state index contributed by atoms with van der Waals surface area (Å²) in [7, 11) is 0. The molecule has 4 heteroatoms. The van der Waals surface area contributed by atoms with Gasteiger partial charge in [0.1, 0.15) is 5.76 Å². The van der Waals surface area contributed by atoms with E-state index in [1.165, 1.54) is 11.1 Å². The molecule has 0 saturated heterocycles. The Morgan fingerprint density at radius 3 is 2.41 bits per heavy atom. The lowest BCUT2D eigenvalue weighted by molar-refractivity contribution is 0.501. The quantitative estimate of drug-likeness (QED) is 0.768. The van der Waals surface area contributed by atoms with Crippen LogP contribution in [0.1, 0.15) is 56.0 Å². The Morgan fingerprint density at radius 2 is 1.82 bits per heavy atom. The minimum atomic E-state index is 0.169. The van der Waals surface area contributed by atoms with E-state index in [0.717, 1.165) is 12.2 Å². The Balaban J connectivity index is 1.85.